The molecule has 0 saturated carbocycles. The van der Waals surface area contributed by atoms with Crippen molar-refractivity contribution in [1.82, 2.24) is 19.7 Å². The van der Waals surface area contributed by atoms with E-state index in [-0.39, 0.29) is 12.1 Å². The Labute approximate surface area is 187 Å². The van der Waals surface area contributed by atoms with Crippen molar-refractivity contribution in [3.8, 4) is 11.4 Å². The molecule has 0 spiro atoms. The van der Waals surface area contributed by atoms with E-state index in [1.807, 2.05) is 42.3 Å². The van der Waals surface area contributed by atoms with Crippen LogP contribution in [0.15, 0.2) is 48.9 Å². The molecule has 3 heterocycles. The molecule has 32 heavy (non-hydrogen) atoms. The zero-order chi connectivity index (χ0) is 22.7. The Hall–Kier alpha value is -3.46. The molecule has 168 valence electrons. The summed E-state index contributed by atoms with van der Waals surface area (Å²) >= 11 is 0. The third kappa shape index (κ3) is 4.29. The SMILES string of the molecule is COc1ccccc1-n1cc([C@H](C)Nc2nccc(N3C(C=O)OC[C@@H]3C(C)C)n2)cn1. The van der Waals surface area contributed by atoms with Gasteiger partial charge >= 0.3 is 0 Å². The highest BCUT2D eigenvalue weighted by Gasteiger charge is 2.37. The van der Waals surface area contributed by atoms with Crippen molar-refractivity contribution in [2.24, 2.45) is 5.92 Å². The van der Waals surface area contributed by atoms with Gasteiger partial charge in [-0.05, 0) is 31.0 Å². The van der Waals surface area contributed by atoms with Gasteiger partial charge in [0.25, 0.3) is 0 Å². The second-order valence-electron chi connectivity index (χ2n) is 8.07. The van der Waals surface area contributed by atoms with E-state index >= 15 is 0 Å². The summed E-state index contributed by atoms with van der Waals surface area (Å²) < 4.78 is 12.9. The van der Waals surface area contributed by atoms with Crippen molar-refractivity contribution in [1.29, 1.82) is 0 Å². The fourth-order valence-electron chi connectivity index (χ4n) is 3.82. The molecule has 1 fully saturated rings. The van der Waals surface area contributed by atoms with Crippen molar-refractivity contribution in [3.63, 3.8) is 0 Å². The Morgan fingerprint density at radius 1 is 1.25 bits per heavy atom. The highest BCUT2D eigenvalue weighted by atomic mass is 16.5. The zero-order valence-electron chi connectivity index (χ0n) is 18.7. The minimum atomic E-state index is -0.637. The monoisotopic (exact) mass is 436 g/mol. The van der Waals surface area contributed by atoms with Gasteiger partial charge in [0.2, 0.25) is 5.95 Å². The van der Waals surface area contributed by atoms with Crippen molar-refractivity contribution >= 4 is 18.1 Å². The third-order valence-corrected chi connectivity index (χ3v) is 5.64. The number of rotatable bonds is 8. The van der Waals surface area contributed by atoms with Crippen LogP contribution >= 0.6 is 0 Å². The first kappa shape index (κ1) is 21.8. The molecule has 9 heteroatoms. The smallest absolute Gasteiger partial charge is 0.225 e. The maximum Gasteiger partial charge on any atom is 0.225 e. The number of carbonyl (C=O) groups is 1. The summed E-state index contributed by atoms with van der Waals surface area (Å²) in [5.74, 6) is 2.19. The minimum Gasteiger partial charge on any atom is -0.494 e. The molecule has 2 aromatic heterocycles. The molecule has 1 unspecified atom stereocenters. The summed E-state index contributed by atoms with van der Waals surface area (Å²) in [7, 11) is 1.64. The maximum absolute atomic E-state index is 11.5. The van der Waals surface area contributed by atoms with E-state index in [0.29, 0.717) is 24.3 Å². The van der Waals surface area contributed by atoms with Crippen LogP contribution in [0.4, 0.5) is 11.8 Å². The van der Waals surface area contributed by atoms with E-state index in [4.69, 9.17) is 9.47 Å². The van der Waals surface area contributed by atoms with Gasteiger partial charge in [-0.25, -0.2) is 9.67 Å². The fourth-order valence-corrected chi connectivity index (χ4v) is 3.82. The standard InChI is InChI=1S/C23H28N6O3/c1-15(2)19-14-32-22(13-30)29(19)21-9-10-24-23(27-21)26-16(3)17-11-25-28(12-17)18-7-5-6-8-20(18)31-4/h5-13,15-16,19,22H,14H2,1-4H3,(H,24,26,27)/t16-,19+,22?/m0/s1. The van der Waals surface area contributed by atoms with Crippen LogP contribution in [0, 0.1) is 5.92 Å². The van der Waals surface area contributed by atoms with Gasteiger partial charge in [-0.15, -0.1) is 0 Å². The summed E-state index contributed by atoms with van der Waals surface area (Å²) in [6.07, 6.45) is 5.62. The number of hydrogen-bond acceptors (Lipinski definition) is 8. The van der Waals surface area contributed by atoms with Gasteiger partial charge in [-0.3, -0.25) is 4.79 Å². The summed E-state index contributed by atoms with van der Waals surface area (Å²) in [4.78, 5) is 22.5. The molecule has 4 rings (SSSR count). The number of aromatic nitrogens is 4. The van der Waals surface area contributed by atoms with E-state index in [2.05, 4.69) is 34.2 Å². The van der Waals surface area contributed by atoms with Crippen LogP contribution in [-0.4, -0.2) is 52.0 Å². The average molecular weight is 437 g/mol. The molecule has 1 aliphatic rings. The van der Waals surface area contributed by atoms with Crippen LogP contribution in [0.1, 0.15) is 32.4 Å². The van der Waals surface area contributed by atoms with E-state index in [1.54, 1.807) is 30.3 Å². The fraction of sp³-hybridized carbons (Fsp3) is 0.391. The normalized spacial score (nSPS) is 19.2. The topological polar surface area (TPSA) is 94.4 Å². The van der Waals surface area contributed by atoms with Gasteiger partial charge in [0.05, 0.1) is 32.0 Å². The van der Waals surface area contributed by atoms with Gasteiger partial charge in [-0.2, -0.15) is 10.1 Å². The number of nitrogens with zero attached hydrogens (tertiary/aromatic N) is 5. The predicted octanol–water partition coefficient (Wildman–Crippen LogP) is 3.23. The molecule has 0 radical (unpaired) electrons. The summed E-state index contributed by atoms with van der Waals surface area (Å²) in [5.41, 5.74) is 1.83. The number of methoxy groups -OCH3 is 1. The number of hydrogen-bond donors (Lipinski definition) is 1. The molecule has 1 aromatic carbocycles. The number of nitrogens with one attached hydrogen (secondary N) is 1. The van der Waals surface area contributed by atoms with Crippen LogP contribution in [-0.2, 0) is 9.53 Å². The van der Waals surface area contributed by atoms with Gasteiger partial charge in [0, 0.05) is 18.0 Å². The lowest BCUT2D eigenvalue weighted by atomic mass is 10.0. The van der Waals surface area contributed by atoms with E-state index < -0.39 is 6.23 Å². The molecular formula is C23H28N6O3. The molecule has 0 amide bonds. The lowest BCUT2D eigenvalue weighted by Gasteiger charge is -2.29. The lowest BCUT2D eigenvalue weighted by molar-refractivity contribution is -0.115. The maximum atomic E-state index is 11.5. The van der Waals surface area contributed by atoms with Crippen molar-refractivity contribution in [3.05, 3.63) is 54.5 Å². The summed E-state index contributed by atoms with van der Waals surface area (Å²) in [6.45, 7) is 6.72. The molecule has 1 aliphatic heterocycles. The highest BCUT2D eigenvalue weighted by Crippen LogP contribution is 2.29. The predicted molar refractivity (Wildman–Crippen MR) is 121 cm³/mol. The van der Waals surface area contributed by atoms with Crippen LogP contribution in [0.2, 0.25) is 0 Å². The van der Waals surface area contributed by atoms with Crippen LogP contribution in [0.3, 0.4) is 0 Å². The minimum absolute atomic E-state index is 0.0736. The molecule has 0 bridgehead atoms. The summed E-state index contributed by atoms with van der Waals surface area (Å²) in [6, 6.07) is 9.50. The number of para-hydroxylation sites is 2. The molecule has 3 atom stereocenters. The molecule has 1 saturated heterocycles. The molecule has 9 nitrogen and oxygen atoms in total. The number of aldehydes is 1. The Bertz CT molecular complexity index is 1070. The van der Waals surface area contributed by atoms with Gasteiger partial charge < -0.3 is 19.7 Å². The quantitative estimate of drug-likeness (QED) is 0.538. The highest BCUT2D eigenvalue weighted by molar-refractivity contribution is 5.64. The molecule has 0 aliphatic carbocycles. The second kappa shape index (κ2) is 9.35. The number of benzene rings is 1. The number of ether oxygens (including phenoxy) is 2. The second-order valence-corrected chi connectivity index (χ2v) is 8.07. The van der Waals surface area contributed by atoms with E-state index in [0.717, 1.165) is 23.3 Å². The third-order valence-electron chi connectivity index (χ3n) is 5.64. The van der Waals surface area contributed by atoms with Crippen LogP contribution in [0.25, 0.3) is 5.69 Å². The first-order valence-corrected chi connectivity index (χ1v) is 10.6. The first-order valence-electron chi connectivity index (χ1n) is 10.6. The zero-order valence-corrected chi connectivity index (χ0v) is 18.7. The Morgan fingerprint density at radius 2 is 2.06 bits per heavy atom. The number of anilines is 2. The first-order chi connectivity index (χ1) is 15.5. The van der Waals surface area contributed by atoms with Crippen LogP contribution < -0.4 is 15.0 Å². The van der Waals surface area contributed by atoms with Gasteiger partial charge in [0.1, 0.15) is 17.3 Å². The average Bonchev–Trinajstić information content (AvgIpc) is 3.47. The molecular weight excluding hydrogens is 408 g/mol. The van der Waals surface area contributed by atoms with Gasteiger partial charge in [-0.1, -0.05) is 26.0 Å². The van der Waals surface area contributed by atoms with E-state index in [1.165, 1.54) is 0 Å². The number of carbonyl (C=O) groups excluding carboxylic acids is 1. The largest absolute Gasteiger partial charge is 0.494 e. The summed E-state index contributed by atoms with van der Waals surface area (Å²) in [5, 5.41) is 7.81. The van der Waals surface area contributed by atoms with Crippen molar-refractivity contribution < 1.29 is 14.3 Å². The Morgan fingerprint density at radius 3 is 2.81 bits per heavy atom. The van der Waals surface area contributed by atoms with Crippen molar-refractivity contribution in [2.75, 3.05) is 23.9 Å². The Kier molecular flexibility index (Phi) is 6.36. The lowest BCUT2D eigenvalue weighted by Crippen LogP contribution is -2.41. The van der Waals surface area contributed by atoms with Crippen molar-refractivity contribution in [2.45, 2.75) is 39.1 Å². The van der Waals surface area contributed by atoms with E-state index in [9.17, 15) is 4.79 Å². The van der Waals surface area contributed by atoms with Crippen LogP contribution in [0.5, 0.6) is 5.75 Å². The Balaban J connectivity index is 1.53. The van der Waals surface area contributed by atoms with Gasteiger partial charge in [0.15, 0.2) is 12.5 Å². The molecule has 1 N–H and O–H groups in total. The molecule has 3 aromatic rings.